The summed E-state index contributed by atoms with van der Waals surface area (Å²) in [5.41, 5.74) is 10.1. The number of unbranched alkanes of at least 4 members (excludes halogenated alkanes) is 1. The first-order valence-corrected chi connectivity index (χ1v) is 10.6. The van der Waals surface area contributed by atoms with Crippen molar-refractivity contribution in [3.63, 3.8) is 0 Å². The van der Waals surface area contributed by atoms with Gasteiger partial charge >= 0.3 is 5.16 Å². The van der Waals surface area contributed by atoms with Crippen LogP contribution in [0.3, 0.4) is 0 Å². The zero-order chi connectivity index (χ0) is 19.4. The Kier molecular flexibility index (Phi) is 6.28. The minimum Gasteiger partial charge on any atom is -0.609 e. The van der Waals surface area contributed by atoms with Crippen LogP contribution in [-0.2, 0) is 24.1 Å². The third-order valence-electron chi connectivity index (χ3n) is 4.66. The maximum Gasteiger partial charge on any atom is 0.342 e. The van der Waals surface area contributed by atoms with E-state index in [1.54, 1.807) is 18.5 Å². The third-order valence-corrected chi connectivity index (χ3v) is 5.93. The molecule has 0 radical (unpaired) electrons. The highest BCUT2D eigenvalue weighted by molar-refractivity contribution is 7.91. The van der Waals surface area contributed by atoms with Crippen molar-refractivity contribution in [1.82, 2.24) is 24.5 Å². The molecular weight excluding hydrogens is 360 g/mol. The van der Waals surface area contributed by atoms with Gasteiger partial charge in [-0.05, 0) is 44.7 Å². The number of pyridine rings is 1. The van der Waals surface area contributed by atoms with Crippen LogP contribution in [-0.4, -0.2) is 34.8 Å². The van der Waals surface area contributed by atoms with Gasteiger partial charge in [0.25, 0.3) is 0 Å². The fraction of sp³-hybridized carbons (Fsp3) is 0.474. The van der Waals surface area contributed by atoms with Crippen molar-refractivity contribution in [2.45, 2.75) is 58.2 Å². The van der Waals surface area contributed by atoms with Crippen LogP contribution in [0.25, 0.3) is 11.0 Å². The second-order valence-electron chi connectivity index (χ2n) is 6.62. The lowest BCUT2D eigenvalue weighted by molar-refractivity contribution is 0.571. The second kappa shape index (κ2) is 8.67. The number of fused-ring (bicyclic) bond motifs is 1. The second-order valence-corrected chi connectivity index (χ2v) is 8.09. The molecule has 1 unspecified atom stereocenters. The van der Waals surface area contributed by atoms with Gasteiger partial charge in [0.1, 0.15) is 17.1 Å². The Hall–Kier alpha value is -2.19. The Morgan fingerprint density at radius 3 is 2.59 bits per heavy atom. The van der Waals surface area contributed by atoms with Crippen molar-refractivity contribution in [3.05, 3.63) is 35.5 Å². The standard InChI is InChI=1S/C19H26N6OS/c1-4-8-15-24-16-17(13(2)14(3)23-18(16)20)25(15)11-5-6-12-27(26)19-21-9-7-10-22-19/h7,9-10H,4-6,8,11-12H2,1-3H3,(H2,20,23). The van der Waals surface area contributed by atoms with Crippen molar-refractivity contribution < 1.29 is 4.55 Å². The molecule has 3 aromatic heterocycles. The van der Waals surface area contributed by atoms with E-state index in [1.807, 2.05) is 6.92 Å². The predicted molar refractivity (Wildman–Crippen MR) is 108 cm³/mol. The average Bonchev–Trinajstić information content (AvgIpc) is 3.03. The predicted octanol–water partition coefficient (Wildman–Crippen LogP) is 2.96. The minimum atomic E-state index is -1.16. The lowest BCUT2D eigenvalue weighted by atomic mass is 10.2. The van der Waals surface area contributed by atoms with Crippen LogP contribution < -0.4 is 5.73 Å². The van der Waals surface area contributed by atoms with Crippen molar-refractivity contribution in [3.8, 4) is 0 Å². The molecule has 0 aliphatic rings. The molecule has 0 aliphatic carbocycles. The summed E-state index contributed by atoms with van der Waals surface area (Å²) in [5, 5.41) is 0.405. The normalized spacial score (nSPS) is 12.6. The molecule has 0 saturated carbocycles. The number of nitrogens with zero attached hydrogens (tertiary/aromatic N) is 5. The largest absolute Gasteiger partial charge is 0.609 e. The third kappa shape index (κ3) is 4.22. The van der Waals surface area contributed by atoms with Gasteiger partial charge in [0.15, 0.2) is 5.82 Å². The summed E-state index contributed by atoms with van der Waals surface area (Å²) in [6, 6.07) is 1.73. The van der Waals surface area contributed by atoms with Crippen molar-refractivity contribution >= 4 is 28.0 Å². The van der Waals surface area contributed by atoms with Crippen molar-refractivity contribution in [2.24, 2.45) is 0 Å². The van der Waals surface area contributed by atoms with Gasteiger partial charge < -0.3 is 14.9 Å². The molecule has 0 fully saturated rings. The molecule has 144 valence electrons. The first-order chi connectivity index (χ1) is 13.0. The van der Waals surface area contributed by atoms with E-state index in [1.165, 1.54) is 0 Å². The first kappa shape index (κ1) is 19.6. The highest BCUT2D eigenvalue weighted by Crippen LogP contribution is 2.27. The van der Waals surface area contributed by atoms with Crippen LogP contribution in [0.1, 0.15) is 43.3 Å². The van der Waals surface area contributed by atoms with Crippen LogP contribution in [0.15, 0.2) is 23.6 Å². The van der Waals surface area contributed by atoms with Crippen LogP contribution in [0, 0.1) is 13.8 Å². The Balaban J connectivity index is 1.75. The molecule has 8 heteroatoms. The number of hydrogen-bond acceptors (Lipinski definition) is 6. The van der Waals surface area contributed by atoms with E-state index in [4.69, 9.17) is 10.7 Å². The smallest absolute Gasteiger partial charge is 0.342 e. The zero-order valence-corrected chi connectivity index (χ0v) is 16.9. The van der Waals surface area contributed by atoms with E-state index in [0.29, 0.717) is 16.7 Å². The fourth-order valence-electron chi connectivity index (χ4n) is 3.20. The SMILES string of the molecule is CCCc1nc2c(N)nc(C)c(C)c2n1CCCC[S+]([O-])c1ncccn1. The highest BCUT2D eigenvalue weighted by Gasteiger charge is 2.18. The van der Waals surface area contributed by atoms with E-state index in [9.17, 15) is 4.55 Å². The van der Waals surface area contributed by atoms with E-state index in [2.05, 4.69) is 33.4 Å². The molecule has 27 heavy (non-hydrogen) atoms. The number of anilines is 1. The maximum atomic E-state index is 12.3. The van der Waals surface area contributed by atoms with Crippen LogP contribution >= 0.6 is 0 Å². The van der Waals surface area contributed by atoms with E-state index in [0.717, 1.165) is 60.3 Å². The lowest BCUT2D eigenvalue weighted by Gasteiger charge is -2.12. The Bertz CT molecular complexity index is 912. The summed E-state index contributed by atoms with van der Waals surface area (Å²) in [6.07, 6.45) is 6.90. The molecule has 3 aromatic rings. The van der Waals surface area contributed by atoms with E-state index < -0.39 is 11.2 Å². The van der Waals surface area contributed by atoms with E-state index in [-0.39, 0.29) is 0 Å². The summed E-state index contributed by atoms with van der Waals surface area (Å²) < 4.78 is 14.5. The van der Waals surface area contributed by atoms with Gasteiger partial charge in [0.05, 0.1) is 5.52 Å². The summed E-state index contributed by atoms with van der Waals surface area (Å²) in [4.78, 5) is 17.3. The van der Waals surface area contributed by atoms with Crippen molar-refractivity contribution in [2.75, 3.05) is 11.5 Å². The molecule has 0 spiro atoms. The van der Waals surface area contributed by atoms with Gasteiger partial charge in [-0.3, -0.25) is 0 Å². The number of aromatic nitrogens is 5. The molecule has 3 heterocycles. The molecule has 0 bridgehead atoms. The minimum absolute atomic E-state index is 0.405. The molecule has 2 N–H and O–H groups in total. The van der Waals surface area contributed by atoms with Gasteiger partial charge in [-0.1, -0.05) is 6.92 Å². The summed E-state index contributed by atoms with van der Waals surface area (Å²) in [5.74, 6) is 2.09. The fourth-order valence-corrected chi connectivity index (χ4v) is 4.21. The highest BCUT2D eigenvalue weighted by atomic mass is 32.2. The number of nitrogens with two attached hydrogens (primary N) is 1. The van der Waals surface area contributed by atoms with Crippen molar-refractivity contribution in [1.29, 1.82) is 0 Å². The van der Waals surface area contributed by atoms with Gasteiger partial charge in [-0.2, -0.15) is 9.97 Å². The molecule has 3 rings (SSSR count). The van der Waals surface area contributed by atoms with Crippen LogP contribution in [0.4, 0.5) is 5.82 Å². The summed E-state index contributed by atoms with van der Waals surface area (Å²) >= 11 is -1.16. The summed E-state index contributed by atoms with van der Waals surface area (Å²) in [6.45, 7) is 7.01. The Labute approximate surface area is 162 Å². The topological polar surface area (TPSA) is 106 Å². The molecule has 0 amide bonds. The van der Waals surface area contributed by atoms with Gasteiger partial charge in [-0.25, -0.2) is 9.97 Å². The number of aryl methyl sites for hydroxylation is 4. The van der Waals surface area contributed by atoms with E-state index >= 15 is 0 Å². The number of hydrogen-bond donors (Lipinski definition) is 1. The monoisotopic (exact) mass is 386 g/mol. The molecule has 0 aromatic carbocycles. The van der Waals surface area contributed by atoms with Crippen LogP contribution in [0.2, 0.25) is 0 Å². The van der Waals surface area contributed by atoms with Crippen LogP contribution in [0.5, 0.6) is 0 Å². The van der Waals surface area contributed by atoms with Gasteiger partial charge in [0, 0.05) is 42.2 Å². The average molecular weight is 387 g/mol. The number of nitrogen functional groups attached to an aromatic ring is 1. The molecule has 0 aliphatic heterocycles. The first-order valence-electron chi connectivity index (χ1n) is 9.30. The summed E-state index contributed by atoms with van der Waals surface area (Å²) in [7, 11) is 0. The maximum absolute atomic E-state index is 12.3. The zero-order valence-electron chi connectivity index (χ0n) is 16.1. The molecule has 7 nitrogen and oxygen atoms in total. The number of imidazole rings is 1. The van der Waals surface area contributed by atoms with Gasteiger partial charge in [0.2, 0.25) is 0 Å². The van der Waals surface area contributed by atoms with Gasteiger partial charge in [-0.15, -0.1) is 0 Å². The number of rotatable bonds is 8. The Morgan fingerprint density at radius 2 is 1.89 bits per heavy atom. The Morgan fingerprint density at radius 1 is 1.15 bits per heavy atom. The molecular formula is C19H26N6OS. The quantitative estimate of drug-likeness (QED) is 0.362. The lowest BCUT2D eigenvalue weighted by Crippen LogP contribution is -2.12. The molecule has 0 saturated heterocycles. The molecule has 1 atom stereocenters.